The maximum atomic E-state index is 12.4. The molecule has 4 rings (SSSR count). The Morgan fingerprint density at radius 2 is 2.17 bits per heavy atom. The van der Waals surface area contributed by atoms with Gasteiger partial charge in [0.1, 0.15) is 11.5 Å². The van der Waals surface area contributed by atoms with E-state index in [-0.39, 0.29) is 12.5 Å². The van der Waals surface area contributed by atoms with E-state index in [0.29, 0.717) is 31.8 Å². The van der Waals surface area contributed by atoms with E-state index in [2.05, 4.69) is 9.98 Å². The highest BCUT2D eigenvalue weighted by molar-refractivity contribution is 5.97. The van der Waals surface area contributed by atoms with Gasteiger partial charge in [-0.2, -0.15) is 0 Å². The lowest BCUT2D eigenvalue weighted by Crippen LogP contribution is -2.36. The zero-order chi connectivity index (χ0) is 16.4. The molecule has 0 radical (unpaired) electrons. The Balaban J connectivity index is 1.41. The molecule has 0 aliphatic carbocycles. The third-order valence-corrected chi connectivity index (χ3v) is 4.09. The Bertz CT molecular complexity index is 808. The monoisotopic (exact) mass is 323 g/mol. The second-order valence-corrected chi connectivity index (χ2v) is 5.75. The molecule has 0 N–H and O–H groups in total. The molecule has 1 aromatic heterocycles. The Hall–Kier alpha value is -2.89. The Morgan fingerprint density at radius 1 is 1.29 bits per heavy atom. The highest BCUT2D eigenvalue weighted by Crippen LogP contribution is 2.23. The first-order valence-electron chi connectivity index (χ1n) is 7.95. The number of hydrogen-bond donors (Lipinski definition) is 0. The second kappa shape index (κ2) is 6.31. The summed E-state index contributed by atoms with van der Waals surface area (Å²) in [6.07, 6.45) is 4.69. The molecule has 0 saturated carbocycles. The minimum absolute atomic E-state index is 0.0247. The van der Waals surface area contributed by atoms with Gasteiger partial charge in [0.05, 0.1) is 12.2 Å². The number of fused-ring (bicyclic) bond motifs is 1. The van der Waals surface area contributed by atoms with Crippen LogP contribution in [-0.2, 0) is 24.4 Å². The average molecular weight is 323 g/mol. The molecule has 24 heavy (non-hydrogen) atoms. The van der Waals surface area contributed by atoms with Crippen LogP contribution in [0.4, 0.5) is 0 Å². The van der Waals surface area contributed by atoms with Crippen LogP contribution in [0.2, 0.25) is 0 Å². The minimum atomic E-state index is 0.0247. The zero-order valence-corrected chi connectivity index (χ0v) is 13.1. The number of aromatic nitrogens is 1. The molecule has 2 aromatic rings. The highest BCUT2D eigenvalue weighted by atomic mass is 16.5. The number of benzene rings is 1. The van der Waals surface area contributed by atoms with Crippen molar-refractivity contribution in [3.63, 3.8) is 0 Å². The van der Waals surface area contributed by atoms with Crippen LogP contribution in [0.15, 0.2) is 51.5 Å². The van der Waals surface area contributed by atoms with Crippen molar-refractivity contribution in [1.29, 1.82) is 0 Å². The van der Waals surface area contributed by atoms with E-state index in [1.807, 2.05) is 30.3 Å². The topological polar surface area (TPSA) is 67.9 Å². The van der Waals surface area contributed by atoms with Gasteiger partial charge in [-0.05, 0) is 12.1 Å². The number of nitrogens with zero attached hydrogens (tertiary/aromatic N) is 3. The molecular weight excluding hydrogens is 306 g/mol. The summed E-state index contributed by atoms with van der Waals surface area (Å²) in [7, 11) is 0. The summed E-state index contributed by atoms with van der Waals surface area (Å²) in [6.45, 7) is 1.38. The van der Waals surface area contributed by atoms with Crippen molar-refractivity contribution in [2.24, 2.45) is 4.99 Å². The van der Waals surface area contributed by atoms with E-state index in [1.54, 1.807) is 17.3 Å². The third-order valence-electron chi connectivity index (χ3n) is 4.09. The average Bonchev–Trinajstić information content (AvgIpc) is 3.29. The normalized spacial score (nSPS) is 16.0. The quantitative estimate of drug-likeness (QED) is 0.867. The van der Waals surface area contributed by atoms with Gasteiger partial charge in [-0.15, -0.1) is 0 Å². The van der Waals surface area contributed by atoms with Gasteiger partial charge in [0, 0.05) is 37.4 Å². The fourth-order valence-corrected chi connectivity index (χ4v) is 2.84. The number of rotatable bonds is 4. The SMILES string of the molecule is O=C(C1=CN=CC1)N1CCc2nc(COc3ccccc3)oc2C1. The fraction of sp³-hybridized carbons (Fsp3) is 0.278. The number of oxazole rings is 1. The highest BCUT2D eigenvalue weighted by Gasteiger charge is 2.27. The summed E-state index contributed by atoms with van der Waals surface area (Å²) in [4.78, 5) is 22.7. The Morgan fingerprint density at radius 3 is 2.96 bits per heavy atom. The molecule has 3 heterocycles. The summed E-state index contributed by atoms with van der Waals surface area (Å²) in [6, 6.07) is 9.55. The largest absolute Gasteiger partial charge is 0.484 e. The lowest BCUT2D eigenvalue weighted by atomic mass is 10.1. The maximum absolute atomic E-state index is 12.4. The number of aliphatic imine (C=N–C) groups is 1. The van der Waals surface area contributed by atoms with Gasteiger partial charge in [-0.1, -0.05) is 18.2 Å². The van der Waals surface area contributed by atoms with E-state index in [0.717, 1.165) is 22.8 Å². The molecule has 0 atom stereocenters. The first-order valence-corrected chi connectivity index (χ1v) is 7.95. The molecule has 2 aliphatic heterocycles. The van der Waals surface area contributed by atoms with Crippen molar-refractivity contribution in [1.82, 2.24) is 9.88 Å². The van der Waals surface area contributed by atoms with Gasteiger partial charge in [0.2, 0.25) is 5.89 Å². The lowest BCUT2D eigenvalue weighted by molar-refractivity contribution is -0.128. The van der Waals surface area contributed by atoms with E-state index in [9.17, 15) is 4.79 Å². The van der Waals surface area contributed by atoms with Gasteiger partial charge < -0.3 is 14.1 Å². The van der Waals surface area contributed by atoms with Crippen LogP contribution < -0.4 is 4.74 Å². The van der Waals surface area contributed by atoms with Crippen molar-refractivity contribution in [3.05, 3.63) is 59.4 Å². The molecule has 2 aliphatic rings. The smallest absolute Gasteiger partial charge is 0.252 e. The van der Waals surface area contributed by atoms with Gasteiger partial charge in [-0.3, -0.25) is 9.79 Å². The molecule has 1 aromatic carbocycles. The van der Waals surface area contributed by atoms with Crippen LogP contribution in [0, 0.1) is 0 Å². The Kier molecular flexibility index (Phi) is 3.86. The third kappa shape index (κ3) is 2.95. The van der Waals surface area contributed by atoms with Crippen molar-refractivity contribution in [2.75, 3.05) is 6.54 Å². The van der Waals surface area contributed by atoms with E-state index < -0.39 is 0 Å². The number of ether oxygens (including phenoxy) is 1. The number of para-hydroxylation sites is 1. The van der Waals surface area contributed by atoms with Crippen LogP contribution >= 0.6 is 0 Å². The summed E-state index contributed by atoms with van der Waals surface area (Å²) in [5, 5.41) is 0. The Labute approximate surface area is 139 Å². The molecule has 0 saturated heterocycles. The number of hydrogen-bond acceptors (Lipinski definition) is 5. The van der Waals surface area contributed by atoms with Crippen molar-refractivity contribution < 1.29 is 13.9 Å². The van der Waals surface area contributed by atoms with Gasteiger partial charge in [0.15, 0.2) is 6.61 Å². The summed E-state index contributed by atoms with van der Waals surface area (Å²) >= 11 is 0. The number of carbonyl (C=O) groups excluding carboxylic acids is 1. The van der Waals surface area contributed by atoms with Gasteiger partial charge in [-0.25, -0.2) is 4.98 Å². The first-order chi connectivity index (χ1) is 11.8. The van der Waals surface area contributed by atoms with Crippen LogP contribution in [0.5, 0.6) is 5.75 Å². The molecule has 1 amide bonds. The molecule has 6 heteroatoms. The molecule has 0 unspecified atom stereocenters. The summed E-state index contributed by atoms with van der Waals surface area (Å²) < 4.78 is 11.5. The van der Waals surface area contributed by atoms with Crippen molar-refractivity contribution in [3.8, 4) is 5.75 Å². The number of amides is 1. The minimum Gasteiger partial charge on any atom is -0.484 e. The van der Waals surface area contributed by atoms with E-state index in [1.165, 1.54) is 0 Å². The van der Waals surface area contributed by atoms with Crippen LogP contribution in [0.3, 0.4) is 0 Å². The van der Waals surface area contributed by atoms with Gasteiger partial charge in [0.25, 0.3) is 5.91 Å². The van der Waals surface area contributed by atoms with Crippen LogP contribution in [0.1, 0.15) is 23.8 Å². The zero-order valence-electron chi connectivity index (χ0n) is 13.1. The van der Waals surface area contributed by atoms with Crippen LogP contribution in [-0.4, -0.2) is 28.6 Å². The predicted molar refractivity (Wildman–Crippen MR) is 87.6 cm³/mol. The molecule has 6 nitrogen and oxygen atoms in total. The lowest BCUT2D eigenvalue weighted by Gasteiger charge is -2.25. The van der Waals surface area contributed by atoms with Crippen molar-refractivity contribution >= 4 is 12.1 Å². The van der Waals surface area contributed by atoms with E-state index in [4.69, 9.17) is 9.15 Å². The number of carbonyl (C=O) groups is 1. The predicted octanol–water partition coefficient (Wildman–Crippen LogP) is 2.50. The van der Waals surface area contributed by atoms with Crippen LogP contribution in [0.25, 0.3) is 0 Å². The molecule has 0 spiro atoms. The molecule has 0 fully saturated rings. The maximum Gasteiger partial charge on any atom is 0.252 e. The molecule has 0 bridgehead atoms. The summed E-state index contributed by atoms with van der Waals surface area (Å²) in [5.41, 5.74) is 1.65. The first kappa shape index (κ1) is 14.7. The molecule has 122 valence electrons. The van der Waals surface area contributed by atoms with E-state index >= 15 is 0 Å². The van der Waals surface area contributed by atoms with Crippen molar-refractivity contribution in [2.45, 2.75) is 26.0 Å². The fourth-order valence-electron chi connectivity index (χ4n) is 2.84. The molecular formula is C18H17N3O3. The summed E-state index contributed by atoms with van der Waals surface area (Å²) in [5.74, 6) is 2.10. The van der Waals surface area contributed by atoms with Gasteiger partial charge >= 0.3 is 0 Å². The second-order valence-electron chi connectivity index (χ2n) is 5.75. The standard InChI is InChI=1S/C18H17N3O3/c22-18(13-6-8-19-10-13)21-9-7-15-16(11-21)24-17(20-15)12-23-14-4-2-1-3-5-14/h1-5,8,10H,6-7,9,11-12H2.